The second-order valence-corrected chi connectivity index (χ2v) is 5.72. The molecule has 2 rings (SSSR count). The van der Waals surface area contributed by atoms with Crippen LogP contribution in [0.2, 0.25) is 0 Å². The summed E-state index contributed by atoms with van der Waals surface area (Å²) in [6.07, 6.45) is 6.78. The van der Waals surface area contributed by atoms with Crippen molar-refractivity contribution in [1.82, 2.24) is 4.90 Å². The van der Waals surface area contributed by atoms with Crippen molar-refractivity contribution in [2.45, 2.75) is 51.2 Å². The van der Waals surface area contributed by atoms with Crippen molar-refractivity contribution in [3.8, 4) is 0 Å². The molecule has 0 saturated heterocycles. The first-order valence-electron chi connectivity index (χ1n) is 7.49. The molecule has 5 heteroatoms. The molecule has 0 unspecified atom stereocenters. The fraction of sp³-hybridized carbons (Fsp3) is 0.562. The normalized spacial score (nSPS) is 15.5. The molecule has 21 heavy (non-hydrogen) atoms. The van der Waals surface area contributed by atoms with Crippen molar-refractivity contribution < 1.29 is 0 Å². The van der Waals surface area contributed by atoms with E-state index < -0.39 is 0 Å². The van der Waals surface area contributed by atoms with Gasteiger partial charge >= 0.3 is 0 Å². The number of benzene rings is 1. The zero-order valence-corrected chi connectivity index (χ0v) is 15.1. The van der Waals surface area contributed by atoms with Gasteiger partial charge in [-0.25, -0.2) is 4.99 Å². The Morgan fingerprint density at radius 1 is 1.14 bits per heavy atom. The van der Waals surface area contributed by atoms with Crippen LogP contribution in [0.25, 0.3) is 0 Å². The maximum atomic E-state index is 5.43. The van der Waals surface area contributed by atoms with Gasteiger partial charge in [0.1, 0.15) is 0 Å². The fourth-order valence-electron chi connectivity index (χ4n) is 2.96. The highest BCUT2D eigenvalue weighted by atomic mass is 127. The monoisotopic (exact) mass is 402 g/mol. The van der Waals surface area contributed by atoms with Crippen LogP contribution in [0.15, 0.2) is 29.3 Å². The van der Waals surface area contributed by atoms with Crippen LogP contribution in [-0.2, 0) is 13.1 Å². The smallest absolute Gasteiger partial charge is 0.186 e. The zero-order chi connectivity index (χ0) is 14.4. The number of guanidine groups is 1. The Morgan fingerprint density at radius 2 is 1.76 bits per heavy atom. The van der Waals surface area contributed by atoms with E-state index in [2.05, 4.69) is 35.1 Å². The van der Waals surface area contributed by atoms with Gasteiger partial charge in [-0.2, -0.15) is 0 Å². The van der Waals surface area contributed by atoms with Gasteiger partial charge in [-0.1, -0.05) is 43.5 Å². The van der Waals surface area contributed by atoms with Crippen LogP contribution in [-0.4, -0.2) is 23.9 Å². The van der Waals surface area contributed by atoms with E-state index in [-0.39, 0.29) is 29.9 Å². The van der Waals surface area contributed by atoms with Crippen molar-refractivity contribution in [3.05, 3.63) is 35.4 Å². The number of hydrogen-bond acceptors (Lipinski definition) is 2. The Labute approximate surface area is 145 Å². The van der Waals surface area contributed by atoms with Gasteiger partial charge < -0.3 is 11.5 Å². The summed E-state index contributed by atoms with van der Waals surface area (Å²) in [5.41, 5.74) is 13.4. The van der Waals surface area contributed by atoms with Crippen LogP contribution in [0.3, 0.4) is 0 Å². The molecule has 0 bridgehead atoms. The van der Waals surface area contributed by atoms with E-state index in [0.29, 0.717) is 6.54 Å². The number of rotatable bonds is 5. The fourth-order valence-corrected chi connectivity index (χ4v) is 2.96. The van der Waals surface area contributed by atoms with Gasteiger partial charge in [0.2, 0.25) is 0 Å². The minimum Gasteiger partial charge on any atom is -0.370 e. The van der Waals surface area contributed by atoms with Crippen LogP contribution in [0.1, 0.15) is 43.2 Å². The molecule has 1 aliphatic rings. The first-order chi connectivity index (χ1) is 9.66. The summed E-state index contributed by atoms with van der Waals surface area (Å²) in [5.74, 6) is 0.153. The lowest BCUT2D eigenvalue weighted by molar-refractivity contribution is 0.184. The molecule has 4 N–H and O–H groups in total. The third-order valence-corrected chi connectivity index (χ3v) is 4.17. The van der Waals surface area contributed by atoms with E-state index in [4.69, 9.17) is 11.5 Å². The molecule has 0 atom stereocenters. The highest BCUT2D eigenvalue weighted by Crippen LogP contribution is 2.23. The molecule has 0 radical (unpaired) electrons. The molecule has 0 amide bonds. The van der Waals surface area contributed by atoms with Crippen molar-refractivity contribution in [3.63, 3.8) is 0 Å². The summed E-state index contributed by atoms with van der Waals surface area (Å²) in [6.45, 7) is 1.54. The topological polar surface area (TPSA) is 67.6 Å². The van der Waals surface area contributed by atoms with E-state index in [1.165, 1.54) is 43.2 Å². The van der Waals surface area contributed by atoms with E-state index in [0.717, 1.165) is 12.6 Å². The van der Waals surface area contributed by atoms with Gasteiger partial charge in [-0.15, -0.1) is 24.0 Å². The van der Waals surface area contributed by atoms with Gasteiger partial charge in [0, 0.05) is 12.6 Å². The van der Waals surface area contributed by atoms with Gasteiger partial charge in [-0.05, 0) is 31.0 Å². The van der Waals surface area contributed by atoms with Gasteiger partial charge in [0.25, 0.3) is 0 Å². The summed E-state index contributed by atoms with van der Waals surface area (Å²) in [6, 6.07) is 9.14. The highest BCUT2D eigenvalue weighted by molar-refractivity contribution is 14.0. The lowest BCUT2D eigenvalue weighted by atomic mass is 9.94. The quantitative estimate of drug-likeness (QED) is 0.452. The van der Waals surface area contributed by atoms with Crippen molar-refractivity contribution in [2.24, 2.45) is 16.5 Å². The molecule has 0 heterocycles. The molecule has 0 aromatic heterocycles. The van der Waals surface area contributed by atoms with Gasteiger partial charge in [0.15, 0.2) is 5.96 Å². The predicted molar refractivity (Wildman–Crippen MR) is 99.7 cm³/mol. The van der Waals surface area contributed by atoms with E-state index in [1.54, 1.807) is 0 Å². The number of nitrogens with two attached hydrogens (primary N) is 2. The Kier molecular flexibility index (Phi) is 8.03. The summed E-state index contributed by atoms with van der Waals surface area (Å²) >= 11 is 0. The molecule has 0 aliphatic heterocycles. The predicted octanol–water partition coefficient (Wildman–Crippen LogP) is 2.84. The molecule has 0 spiro atoms. The summed E-state index contributed by atoms with van der Waals surface area (Å²) < 4.78 is 0. The molecule has 1 saturated carbocycles. The lowest BCUT2D eigenvalue weighted by Gasteiger charge is -2.31. The first kappa shape index (κ1) is 18.2. The van der Waals surface area contributed by atoms with Crippen LogP contribution in [0.5, 0.6) is 0 Å². The van der Waals surface area contributed by atoms with Gasteiger partial charge in [-0.3, -0.25) is 4.90 Å². The van der Waals surface area contributed by atoms with Crippen molar-refractivity contribution >= 4 is 29.9 Å². The van der Waals surface area contributed by atoms with Gasteiger partial charge in [0.05, 0.1) is 6.54 Å². The Bertz CT molecular complexity index is 451. The zero-order valence-electron chi connectivity index (χ0n) is 12.8. The van der Waals surface area contributed by atoms with Crippen molar-refractivity contribution in [1.29, 1.82) is 0 Å². The van der Waals surface area contributed by atoms with Crippen LogP contribution in [0.4, 0.5) is 0 Å². The molecular weight excluding hydrogens is 375 g/mol. The van der Waals surface area contributed by atoms with Crippen LogP contribution in [0, 0.1) is 0 Å². The van der Waals surface area contributed by atoms with E-state index in [1.807, 2.05) is 6.07 Å². The van der Waals surface area contributed by atoms with Crippen LogP contribution >= 0.6 is 24.0 Å². The molecule has 118 valence electrons. The third kappa shape index (κ3) is 5.82. The van der Waals surface area contributed by atoms with Crippen LogP contribution < -0.4 is 11.5 Å². The minimum absolute atomic E-state index is 0. The largest absolute Gasteiger partial charge is 0.370 e. The van der Waals surface area contributed by atoms with Crippen molar-refractivity contribution in [2.75, 3.05) is 7.05 Å². The molecule has 1 aromatic carbocycles. The summed E-state index contributed by atoms with van der Waals surface area (Å²) in [5, 5.41) is 0. The average Bonchev–Trinajstić information content (AvgIpc) is 2.47. The summed E-state index contributed by atoms with van der Waals surface area (Å²) in [4.78, 5) is 6.61. The average molecular weight is 402 g/mol. The number of hydrogen-bond donors (Lipinski definition) is 2. The van der Waals surface area contributed by atoms with E-state index >= 15 is 0 Å². The Balaban J connectivity index is 0.00000220. The van der Waals surface area contributed by atoms with E-state index in [9.17, 15) is 0 Å². The maximum Gasteiger partial charge on any atom is 0.186 e. The SMILES string of the molecule is CN(Cc1ccccc1CN=C(N)N)C1CCCCC1.I. The maximum absolute atomic E-state index is 5.43. The molecule has 1 fully saturated rings. The second kappa shape index (κ2) is 9.25. The number of halogens is 1. The molecule has 4 nitrogen and oxygen atoms in total. The Morgan fingerprint density at radius 3 is 2.38 bits per heavy atom. The molecular formula is C16H27IN4. The standard InChI is InChI=1S/C16H26N4.HI/c1-20(15-9-3-2-4-10-15)12-14-8-6-5-7-13(14)11-19-16(17)18;/h5-8,15H,2-4,9-12H2,1H3,(H4,17,18,19);1H. The minimum atomic E-state index is 0. The third-order valence-electron chi connectivity index (χ3n) is 4.17. The molecule has 1 aliphatic carbocycles. The molecule has 1 aromatic rings. The number of nitrogens with zero attached hydrogens (tertiary/aromatic N) is 2. The summed E-state index contributed by atoms with van der Waals surface area (Å²) in [7, 11) is 2.23. The number of aliphatic imine (C=N–C) groups is 1. The lowest BCUT2D eigenvalue weighted by Crippen LogP contribution is -2.33. The highest BCUT2D eigenvalue weighted by Gasteiger charge is 2.18. The second-order valence-electron chi connectivity index (χ2n) is 5.72. The Hall–Kier alpha value is -0.820. The first-order valence-corrected chi connectivity index (χ1v) is 7.49.